The standard InChI is InChI=1S/C25H32FN3O3/c1-31-23-8-2-20(3-9-23)19-28-12-14-29(15-13-28)24(30)18-27-25(10-16-32-17-11-25)21-4-6-22(26)7-5-21/h2-9,27H,10-19H2,1H3. The van der Waals surface area contributed by atoms with Gasteiger partial charge in [0.15, 0.2) is 0 Å². The lowest BCUT2D eigenvalue weighted by Crippen LogP contribution is -2.54. The van der Waals surface area contributed by atoms with Crippen LogP contribution in [0.1, 0.15) is 24.0 Å². The SMILES string of the molecule is COc1ccc(CN2CCN(C(=O)CNC3(c4ccc(F)cc4)CCOCC3)CC2)cc1. The topological polar surface area (TPSA) is 54.0 Å². The van der Waals surface area contributed by atoms with Crippen LogP contribution in [0.15, 0.2) is 48.5 Å². The van der Waals surface area contributed by atoms with Crippen LogP contribution in [0.2, 0.25) is 0 Å². The van der Waals surface area contributed by atoms with E-state index in [4.69, 9.17) is 9.47 Å². The quantitative estimate of drug-likeness (QED) is 0.716. The molecule has 2 aromatic carbocycles. The van der Waals surface area contributed by atoms with E-state index < -0.39 is 0 Å². The van der Waals surface area contributed by atoms with Gasteiger partial charge in [-0.25, -0.2) is 4.39 Å². The number of hydrogen-bond acceptors (Lipinski definition) is 5. The fourth-order valence-electron chi connectivity index (χ4n) is 4.56. The average molecular weight is 442 g/mol. The molecule has 0 aliphatic carbocycles. The molecular formula is C25H32FN3O3. The van der Waals surface area contributed by atoms with E-state index in [1.807, 2.05) is 29.2 Å². The molecule has 2 aliphatic heterocycles. The lowest BCUT2D eigenvalue weighted by atomic mass is 9.82. The number of nitrogens with one attached hydrogen (secondary N) is 1. The number of amides is 1. The lowest BCUT2D eigenvalue weighted by Gasteiger charge is -2.40. The molecule has 0 atom stereocenters. The van der Waals surface area contributed by atoms with Gasteiger partial charge in [0, 0.05) is 51.5 Å². The van der Waals surface area contributed by atoms with Gasteiger partial charge in [0.05, 0.1) is 13.7 Å². The van der Waals surface area contributed by atoms with Gasteiger partial charge >= 0.3 is 0 Å². The van der Waals surface area contributed by atoms with Gasteiger partial charge in [-0.1, -0.05) is 24.3 Å². The Morgan fingerprint density at radius 1 is 1.03 bits per heavy atom. The molecule has 2 aromatic rings. The minimum Gasteiger partial charge on any atom is -0.497 e. The van der Waals surface area contributed by atoms with Gasteiger partial charge in [0.1, 0.15) is 11.6 Å². The molecule has 0 unspecified atom stereocenters. The summed E-state index contributed by atoms with van der Waals surface area (Å²) in [6, 6.07) is 14.7. The molecule has 32 heavy (non-hydrogen) atoms. The first-order valence-electron chi connectivity index (χ1n) is 11.3. The van der Waals surface area contributed by atoms with Gasteiger partial charge in [-0.05, 0) is 48.2 Å². The summed E-state index contributed by atoms with van der Waals surface area (Å²) in [5.74, 6) is 0.723. The second kappa shape index (κ2) is 10.4. The number of carbonyl (C=O) groups is 1. The van der Waals surface area contributed by atoms with Crippen LogP contribution in [0.25, 0.3) is 0 Å². The average Bonchev–Trinajstić information content (AvgIpc) is 2.84. The highest BCUT2D eigenvalue weighted by atomic mass is 19.1. The van der Waals surface area contributed by atoms with Crippen LogP contribution < -0.4 is 10.1 Å². The molecular weight excluding hydrogens is 409 g/mol. The van der Waals surface area contributed by atoms with Gasteiger partial charge < -0.3 is 14.4 Å². The van der Waals surface area contributed by atoms with Crippen molar-refractivity contribution >= 4 is 5.91 Å². The number of rotatable bonds is 7. The zero-order chi connectivity index (χ0) is 22.4. The van der Waals surface area contributed by atoms with Crippen molar-refractivity contribution in [2.24, 2.45) is 0 Å². The number of ether oxygens (including phenoxy) is 2. The minimum absolute atomic E-state index is 0.113. The molecule has 6 nitrogen and oxygen atoms in total. The summed E-state index contributed by atoms with van der Waals surface area (Å²) < 4.78 is 24.2. The summed E-state index contributed by atoms with van der Waals surface area (Å²) in [7, 11) is 1.67. The molecule has 2 saturated heterocycles. The van der Waals surface area contributed by atoms with Gasteiger partial charge in [-0.2, -0.15) is 0 Å². The van der Waals surface area contributed by atoms with E-state index in [0.717, 1.165) is 56.9 Å². The number of hydrogen-bond donors (Lipinski definition) is 1. The zero-order valence-corrected chi connectivity index (χ0v) is 18.7. The molecule has 0 radical (unpaired) electrons. The number of methoxy groups -OCH3 is 1. The Kier molecular flexibility index (Phi) is 7.40. The molecule has 0 bridgehead atoms. The molecule has 1 N–H and O–H groups in total. The van der Waals surface area contributed by atoms with Crippen molar-refractivity contribution in [2.75, 3.05) is 53.0 Å². The van der Waals surface area contributed by atoms with Crippen LogP contribution in [0.5, 0.6) is 5.75 Å². The first-order chi connectivity index (χ1) is 15.6. The maximum absolute atomic E-state index is 13.4. The third kappa shape index (κ3) is 5.46. The van der Waals surface area contributed by atoms with Crippen molar-refractivity contribution in [3.63, 3.8) is 0 Å². The summed E-state index contributed by atoms with van der Waals surface area (Å²) >= 11 is 0. The Bertz CT molecular complexity index is 874. The Morgan fingerprint density at radius 2 is 1.69 bits per heavy atom. The number of benzene rings is 2. The third-order valence-electron chi connectivity index (χ3n) is 6.61. The Hall–Kier alpha value is -2.48. The summed E-state index contributed by atoms with van der Waals surface area (Å²) in [5.41, 5.74) is 1.91. The van der Waals surface area contributed by atoms with Crippen molar-refractivity contribution in [1.29, 1.82) is 0 Å². The van der Waals surface area contributed by atoms with Crippen LogP contribution in [-0.2, 0) is 21.6 Å². The normalized spacial score (nSPS) is 19.0. The van der Waals surface area contributed by atoms with Gasteiger partial charge in [0.25, 0.3) is 0 Å². The summed E-state index contributed by atoms with van der Waals surface area (Å²) in [5, 5.41) is 3.51. The number of halogens is 1. The van der Waals surface area contributed by atoms with Crippen LogP contribution in [0.3, 0.4) is 0 Å². The van der Waals surface area contributed by atoms with Crippen molar-refractivity contribution in [3.05, 3.63) is 65.5 Å². The molecule has 4 rings (SSSR count). The molecule has 0 aromatic heterocycles. The first kappa shape index (κ1) is 22.7. The second-order valence-electron chi connectivity index (χ2n) is 8.56. The highest BCUT2D eigenvalue weighted by Crippen LogP contribution is 2.32. The van der Waals surface area contributed by atoms with E-state index in [0.29, 0.717) is 13.2 Å². The van der Waals surface area contributed by atoms with Crippen LogP contribution in [-0.4, -0.2) is 68.8 Å². The molecule has 2 aliphatic rings. The molecule has 2 fully saturated rings. The van der Waals surface area contributed by atoms with E-state index in [9.17, 15) is 9.18 Å². The van der Waals surface area contributed by atoms with Gasteiger partial charge in [0.2, 0.25) is 5.91 Å². The molecule has 2 heterocycles. The Morgan fingerprint density at radius 3 is 2.31 bits per heavy atom. The summed E-state index contributed by atoms with van der Waals surface area (Å²) in [4.78, 5) is 17.3. The molecule has 0 saturated carbocycles. The molecule has 172 valence electrons. The molecule has 7 heteroatoms. The highest BCUT2D eigenvalue weighted by Gasteiger charge is 2.35. The Labute approximate surface area is 189 Å². The lowest BCUT2D eigenvalue weighted by molar-refractivity contribution is -0.132. The van der Waals surface area contributed by atoms with Crippen LogP contribution >= 0.6 is 0 Å². The van der Waals surface area contributed by atoms with E-state index in [1.165, 1.54) is 17.7 Å². The van der Waals surface area contributed by atoms with Crippen LogP contribution in [0.4, 0.5) is 4.39 Å². The molecule has 1 amide bonds. The monoisotopic (exact) mass is 441 g/mol. The highest BCUT2D eigenvalue weighted by molar-refractivity contribution is 5.78. The van der Waals surface area contributed by atoms with Gasteiger partial charge in [-0.3, -0.25) is 15.0 Å². The largest absolute Gasteiger partial charge is 0.497 e. The van der Waals surface area contributed by atoms with Gasteiger partial charge in [-0.15, -0.1) is 0 Å². The van der Waals surface area contributed by atoms with E-state index in [1.54, 1.807) is 7.11 Å². The van der Waals surface area contributed by atoms with Crippen molar-refractivity contribution in [2.45, 2.75) is 24.9 Å². The van der Waals surface area contributed by atoms with Crippen molar-refractivity contribution in [1.82, 2.24) is 15.1 Å². The van der Waals surface area contributed by atoms with E-state index in [-0.39, 0.29) is 23.8 Å². The van der Waals surface area contributed by atoms with Crippen LogP contribution in [0, 0.1) is 5.82 Å². The number of piperazine rings is 1. The summed E-state index contributed by atoms with van der Waals surface area (Å²) in [6.45, 7) is 5.56. The maximum Gasteiger partial charge on any atom is 0.236 e. The van der Waals surface area contributed by atoms with E-state index >= 15 is 0 Å². The maximum atomic E-state index is 13.4. The van der Waals surface area contributed by atoms with E-state index in [2.05, 4.69) is 22.3 Å². The predicted molar refractivity (Wildman–Crippen MR) is 121 cm³/mol. The second-order valence-corrected chi connectivity index (χ2v) is 8.56. The Balaban J connectivity index is 1.29. The zero-order valence-electron chi connectivity index (χ0n) is 18.7. The number of carbonyl (C=O) groups excluding carboxylic acids is 1. The fraction of sp³-hybridized carbons (Fsp3) is 0.480. The molecule has 0 spiro atoms. The smallest absolute Gasteiger partial charge is 0.236 e. The minimum atomic E-state index is -0.349. The predicted octanol–water partition coefficient (Wildman–Crippen LogP) is 2.77. The van der Waals surface area contributed by atoms with Crippen molar-refractivity contribution < 1.29 is 18.7 Å². The fourth-order valence-corrected chi connectivity index (χ4v) is 4.56. The third-order valence-corrected chi connectivity index (χ3v) is 6.61. The van der Waals surface area contributed by atoms with Crippen molar-refractivity contribution in [3.8, 4) is 5.75 Å². The number of nitrogens with zero attached hydrogens (tertiary/aromatic N) is 2. The first-order valence-corrected chi connectivity index (χ1v) is 11.3. The summed E-state index contributed by atoms with van der Waals surface area (Å²) in [6.07, 6.45) is 1.53.